The second-order valence-corrected chi connectivity index (χ2v) is 5.43. The third-order valence-corrected chi connectivity index (χ3v) is 3.85. The molecule has 0 radical (unpaired) electrons. The van der Waals surface area contributed by atoms with Gasteiger partial charge in [-0.2, -0.15) is 0 Å². The second-order valence-electron chi connectivity index (χ2n) is 5.43. The summed E-state index contributed by atoms with van der Waals surface area (Å²) in [5.74, 6) is 0.709. The van der Waals surface area contributed by atoms with Gasteiger partial charge in [0.05, 0.1) is 18.3 Å². The minimum absolute atomic E-state index is 0.0458. The number of ether oxygens (including phenoxy) is 2. The highest BCUT2D eigenvalue weighted by Crippen LogP contribution is 2.22. The van der Waals surface area contributed by atoms with Crippen LogP contribution in [0.25, 0.3) is 0 Å². The number of nitrogens with zero attached hydrogens (tertiary/aromatic N) is 1. The first-order chi connectivity index (χ1) is 10.8. The molecule has 0 saturated carbocycles. The van der Waals surface area contributed by atoms with E-state index in [4.69, 9.17) is 15.2 Å². The number of nitrogens with two attached hydrogens (primary N) is 1. The molecule has 1 heterocycles. The average molecular weight is 306 g/mol. The van der Waals surface area contributed by atoms with Gasteiger partial charge in [0.2, 0.25) is 0 Å². The lowest BCUT2D eigenvalue weighted by Gasteiger charge is -2.32. The van der Waals surface area contributed by atoms with Gasteiger partial charge < -0.3 is 20.1 Å². The third-order valence-electron chi connectivity index (χ3n) is 3.85. The quantitative estimate of drug-likeness (QED) is 0.783. The maximum Gasteiger partial charge on any atom is 0.257 e. The molecule has 0 aromatic heterocycles. The number of rotatable bonds is 7. The van der Waals surface area contributed by atoms with Gasteiger partial charge in [-0.05, 0) is 44.9 Å². The van der Waals surface area contributed by atoms with Crippen molar-refractivity contribution in [3.63, 3.8) is 0 Å². The number of carbonyl (C=O) groups is 1. The fourth-order valence-corrected chi connectivity index (χ4v) is 2.65. The van der Waals surface area contributed by atoms with Crippen molar-refractivity contribution >= 4 is 5.91 Å². The first-order valence-electron chi connectivity index (χ1n) is 8.09. The SMILES string of the molecule is CCOc1ccccc1C(=O)N1CCC(OCCCN)CC1. The fraction of sp³-hybridized carbons (Fsp3) is 0.588. The minimum atomic E-state index is 0.0458. The Hall–Kier alpha value is -1.59. The lowest BCUT2D eigenvalue weighted by molar-refractivity contribution is 0.00837. The molecule has 5 heteroatoms. The molecule has 5 nitrogen and oxygen atoms in total. The summed E-state index contributed by atoms with van der Waals surface area (Å²) in [4.78, 5) is 14.5. The van der Waals surface area contributed by atoms with Gasteiger partial charge in [-0.25, -0.2) is 0 Å². The molecular weight excluding hydrogens is 280 g/mol. The van der Waals surface area contributed by atoms with Crippen LogP contribution in [0.4, 0.5) is 0 Å². The molecule has 122 valence electrons. The summed E-state index contributed by atoms with van der Waals surface area (Å²) in [5, 5.41) is 0. The number of hydrogen-bond acceptors (Lipinski definition) is 4. The molecule has 1 aliphatic heterocycles. The van der Waals surface area contributed by atoms with E-state index in [9.17, 15) is 4.79 Å². The predicted molar refractivity (Wildman–Crippen MR) is 86.2 cm³/mol. The minimum Gasteiger partial charge on any atom is -0.493 e. The average Bonchev–Trinajstić information content (AvgIpc) is 2.56. The molecular formula is C17H26N2O3. The zero-order valence-corrected chi connectivity index (χ0v) is 13.3. The second kappa shape index (κ2) is 8.76. The smallest absolute Gasteiger partial charge is 0.257 e. The van der Waals surface area contributed by atoms with Crippen molar-refractivity contribution in [1.29, 1.82) is 0 Å². The van der Waals surface area contributed by atoms with Crippen molar-refractivity contribution in [1.82, 2.24) is 4.90 Å². The van der Waals surface area contributed by atoms with Crippen LogP contribution in [0.2, 0.25) is 0 Å². The van der Waals surface area contributed by atoms with Gasteiger partial charge in [-0.3, -0.25) is 4.79 Å². The molecule has 1 amide bonds. The van der Waals surface area contributed by atoms with Crippen LogP contribution in [0.1, 0.15) is 36.5 Å². The Morgan fingerprint density at radius 1 is 1.32 bits per heavy atom. The third kappa shape index (κ3) is 4.45. The highest BCUT2D eigenvalue weighted by atomic mass is 16.5. The Kier molecular flexibility index (Phi) is 6.68. The van der Waals surface area contributed by atoms with Crippen molar-refractivity contribution in [2.45, 2.75) is 32.3 Å². The van der Waals surface area contributed by atoms with Crippen molar-refractivity contribution < 1.29 is 14.3 Å². The zero-order chi connectivity index (χ0) is 15.8. The molecule has 1 aromatic carbocycles. The van der Waals surface area contributed by atoms with Crippen LogP contribution in [0, 0.1) is 0 Å². The highest BCUT2D eigenvalue weighted by molar-refractivity contribution is 5.97. The van der Waals surface area contributed by atoms with Crippen LogP contribution in [-0.2, 0) is 4.74 Å². The number of benzene rings is 1. The molecule has 0 unspecified atom stereocenters. The van der Waals surface area contributed by atoms with E-state index in [1.54, 1.807) is 0 Å². The van der Waals surface area contributed by atoms with Crippen LogP contribution in [-0.4, -0.2) is 49.8 Å². The maximum atomic E-state index is 12.7. The summed E-state index contributed by atoms with van der Waals surface area (Å²) in [6, 6.07) is 7.44. The van der Waals surface area contributed by atoms with Gasteiger partial charge in [-0.1, -0.05) is 12.1 Å². The van der Waals surface area contributed by atoms with Crippen molar-refractivity contribution in [2.24, 2.45) is 5.73 Å². The topological polar surface area (TPSA) is 64.8 Å². The van der Waals surface area contributed by atoms with Gasteiger partial charge in [0.1, 0.15) is 5.75 Å². The Morgan fingerprint density at radius 3 is 2.73 bits per heavy atom. The number of amides is 1. The van der Waals surface area contributed by atoms with E-state index in [1.165, 1.54) is 0 Å². The molecule has 22 heavy (non-hydrogen) atoms. The van der Waals surface area contributed by atoms with Crippen molar-refractivity contribution in [2.75, 3.05) is 32.8 Å². The standard InChI is InChI=1S/C17H26N2O3/c1-2-21-16-7-4-3-6-15(16)17(20)19-11-8-14(9-12-19)22-13-5-10-18/h3-4,6-7,14H,2,5,8-13,18H2,1H3. The van der Waals surface area contributed by atoms with Crippen LogP contribution in [0.5, 0.6) is 5.75 Å². The lowest BCUT2D eigenvalue weighted by Crippen LogP contribution is -2.41. The molecule has 0 bridgehead atoms. The van der Waals surface area contributed by atoms with Crippen molar-refractivity contribution in [3.05, 3.63) is 29.8 Å². The molecule has 0 atom stereocenters. The monoisotopic (exact) mass is 306 g/mol. The maximum absolute atomic E-state index is 12.7. The summed E-state index contributed by atoms with van der Waals surface area (Å²) < 4.78 is 11.3. The largest absolute Gasteiger partial charge is 0.493 e. The zero-order valence-electron chi connectivity index (χ0n) is 13.3. The van der Waals surface area contributed by atoms with Gasteiger partial charge >= 0.3 is 0 Å². The number of para-hydroxylation sites is 1. The van der Waals surface area contributed by atoms with Crippen molar-refractivity contribution in [3.8, 4) is 5.75 Å². The molecule has 2 rings (SSSR count). The normalized spacial score (nSPS) is 15.8. The number of carbonyl (C=O) groups excluding carboxylic acids is 1. The summed E-state index contributed by atoms with van der Waals surface area (Å²) in [7, 11) is 0. The highest BCUT2D eigenvalue weighted by Gasteiger charge is 2.25. The number of likely N-dealkylation sites (tertiary alicyclic amines) is 1. The van der Waals surface area contributed by atoms with Gasteiger partial charge in [0.25, 0.3) is 5.91 Å². The lowest BCUT2D eigenvalue weighted by atomic mass is 10.1. The van der Waals surface area contributed by atoms with Gasteiger partial charge in [-0.15, -0.1) is 0 Å². The van der Waals surface area contributed by atoms with E-state index in [1.807, 2.05) is 36.1 Å². The summed E-state index contributed by atoms with van der Waals surface area (Å²) >= 11 is 0. The van der Waals surface area contributed by atoms with E-state index in [2.05, 4.69) is 0 Å². The Bertz CT molecular complexity index is 471. The Labute approximate surface area is 132 Å². The van der Waals surface area contributed by atoms with E-state index in [-0.39, 0.29) is 12.0 Å². The molecule has 2 N–H and O–H groups in total. The fourth-order valence-electron chi connectivity index (χ4n) is 2.65. The summed E-state index contributed by atoms with van der Waals surface area (Å²) in [6.07, 6.45) is 2.90. The Balaban J connectivity index is 1.90. The first-order valence-corrected chi connectivity index (χ1v) is 8.09. The number of hydrogen-bond donors (Lipinski definition) is 1. The van der Waals surface area contributed by atoms with Gasteiger partial charge in [0.15, 0.2) is 0 Å². The Morgan fingerprint density at radius 2 is 2.05 bits per heavy atom. The van der Waals surface area contributed by atoms with Crippen LogP contribution >= 0.6 is 0 Å². The summed E-state index contributed by atoms with van der Waals surface area (Å²) in [5.41, 5.74) is 6.11. The molecule has 1 aromatic rings. The van der Waals surface area contributed by atoms with E-state index in [0.29, 0.717) is 31.1 Å². The number of piperidine rings is 1. The van der Waals surface area contributed by atoms with Crippen LogP contribution in [0.15, 0.2) is 24.3 Å². The molecule has 0 spiro atoms. The van der Waals surface area contributed by atoms with Crippen LogP contribution < -0.4 is 10.5 Å². The van der Waals surface area contributed by atoms with Crippen LogP contribution in [0.3, 0.4) is 0 Å². The molecule has 0 aliphatic carbocycles. The first kappa shape index (κ1) is 16.8. The predicted octanol–water partition coefficient (Wildman–Crippen LogP) is 2.06. The van der Waals surface area contributed by atoms with E-state index in [0.717, 1.165) is 32.4 Å². The van der Waals surface area contributed by atoms with Gasteiger partial charge in [0, 0.05) is 19.7 Å². The summed E-state index contributed by atoms with van der Waals surface area (Å²) in [6.45, 7) is 5.31. The molecule has 1 fully saturated rings. The molecule has 1 aliphatic rings. The van der Waals surface area contributed by atoms with E-state index >= 15 is 0 Å². The molecule has 1 saturated heterocycles. The van der Waals surface area contributed by atoms with E-state index < -0.39 is 0 Å².